The van der Waals surface area contributed by atoms with Gasteiger partial charge in [0, 0.05) is 19.6 Å². The standard InChI is InChI=1S/C24H30O8/c1-14-7-6-8-17(25)20-21-24(32-21,23(2,3)31-20)10-9-15-11-16(28-5)12-18(29-13-27-4)19(15)22(26)30-14/h6-7,11-12,14,20-21H,8-10,13H2,1-5H3/t14-,20+,21+,24?/m0/s1. The average molecular weight is 446 g/mol. The molecule has 1 aromatic rings. The number of rotatable bonds is 4. The largest absolute Gasteiger partial charge is 0.497 e. The molecule has 2 saturated heterocycles. The molecule has 2 bridgehead atoms. The van der Waals surface area contributed by atoms with Crippen LogP contribution in [0.2, 0.25) is 0 Å². The van der Waals surface area contributed by atoms with Crippen molar-refractivity contribution in [3.8, 4) is 11.5 Å². The molecule has 1 unspecified atom stereocenters. The summed E-state index contributed by atoms with van der Waals surface area (Å²) in [5.41, 5.74) is -0.183. The van der Waals surface area contributed by atoms with Gasteiger partial charge in [-0.2, -0.15) is 0 Å². The van der Waals surface area contributed by atoms with Gasteiger partial charge in [-0.15, -0.1) is 0 Å². The van der Waals surface area contributed by atoms with Gasteiger partial charge in [0.1, 0.15) is 41.0 Å². The summed E-state index contributed by atoms with van der Waals surface area (Å²) < 4.78 is 34.1. The number of ether oxygens (including phenoxy) is 6. The van der Waals surface area contributed by atoms with Crippen LogP contribution in [-0.2, 0) is 30.2 Å². The maximum absolute atomic E-state index is 13.2. The number of benzene rings is 1. The lowest BCUT2D eigenvalue weighted by atomic mass is 9.83. The smallest absolute Gasteiger partial charge is 0.342 e. The van der Waals surface area contributed by atoms with Crippen LogP contribution in [0.3, 0.4) is 0 Å². The Hall–Kier alpha value is -2.42. The number of hydrogen-bond donors (Lipinski definition) is 0. The van der Waals surface area contributed by atoms with E-state index in [-0.39, 0.29) is 25.1 Å². The van der Waals surface area contributed by atoms with Crippen LogP contribution in [0.5, 0.6) is 11.5 Å². The molecule has 8 heteroatoms. The lowest BCUT2D eigenvalue weighted by molar-refractivity contribution is -0.147. The van der Waals surface area contributed by atoms with Crippen LogP contribution in [-0.4, -0.2) is 62.3 Å². The third-order valence-corrected chi connectivity index (χ3v) is 6.49. The van der Waals surface area contributed by atoms with Crippen LogP contribution < -0.4 is 9.47 Å². The number of ketones is 1. The van der Waals surface area contributed by atoms with E-state index in [1.165, 1.54) is 7.11 Å². The Morgan fingerprint density at radius 1 is 1.16 bits per heavy atom. The van der Waals surface area contributed by atoms with Gasteiger partial charge in [-0.05, 0) is 51.3 Å². The highest BCUT2D eigenvalue weighted by Crippen LogP contribution is 2.58. The van der Waals surface area contributed by atoms with Gasteiger partial charge in [0.25, 0.3) is 0 Å². The highest BCUT2D eigenvalue weighted by atomic mass is 16.7. The Labute approximate surface area is 187 Å². The molecule has 3 aliphatic rings. The molecule has 0 saturated carbocycles. The summed E-state index contributed by atoms with van der Waals surface area (Å²) >= 11 is 0. The molecule has 4 rings (SSSR count). The molecule has 2 fully saturated rings. The van der Waals surface area contributed by atoms with Crippen LogP contribution in [0.1, 0.15) is 49.5 Å². The quantitative estimate of drug-likeness (QED) is 0.302. The van der Waals surface area contributed by atoms with Crippen LogP contribution >= 0.6 is 0 Å². The Bertz CT molecular complexity index is 936. The second-order valence-corrected chi connectivity index (χ2v) is 8.90. The van der Waals surface area contributed by atoms with Crippen LogP contribution in [0.4, 0.5) is 0 Å². The minimum absolute atomic E-state index is 0.0257. The first-order valence-corrected chi connectivity index (χ1v) is 10.8. The van der Waals surface area contributed by atoms with E-state index in [9.17, 15) is 9.59 Å². The normalized spacial score (nSPS) is 31.2. The number of aryl methyl sites for hydroxylation is 1. The summed E-state index contributed by atoms with van der Waals surface area (Å²) in [4.78, 5) is 25.9. The number of Topliss-reactive ketones (excluding diaryl/α,β-unsaturated/α-hetero) is 1. The fourth-order valence-electron chi connectivity index (χ4n) is 4.71. The van der Waals surface area contributed by atoms with Gasteiger partial charge >= 0.3 is 5.97 Å². The number of allylic oxidation sites excluding steroid dienone is 1. The molecule has 8 nitrogen and oxygen atoms in total. The van der Waals surface area contributed by atoms with E-state index < -0.39 is 29.4 Å². The molecule has 0 spiro atoms. The third kappa shape index (κ3) is 3.91. The van der Waals surface area contributed by atoms with E-state index in [0.29, 0.717) is 35.5 Å². The monoisotopic (exact) mass is 446 g/mol. The minimum Gasteiger partial charge on any atom is -0.497 e. The molecule has 3 heterocycles. The molecular weight excluding hydrogens is 416 g/mol. The number of epoxide rings is 1. The number of cyclic esters (lactones) is 1. The molecule has 32 heavy (non-hydrogen) atoms. The van der Waals surface area contributed by atoms with Gasteiger partial charge in [-0.1, -0.05) is 6.08 Å². The fraction of sp³-hybridized carbons (Fsp3) is 0.583. The second-order valence-electron chi connectivity index (χ2n) is 8.90. The number of methoxy groups -OCH3 is 2. The van der Waals surface area contributed by atoms with Gasteiger partial charge in [0.15, 0.2) is 12.6 Å². The molecule has 0 aromatic heterocycles. The van der Waals surface area contributed by atoms with Crippen LogP contribution in [0, 0.1) is 0 Å². The van der Waals surface area contributed by atoms with E-state index in [2.05, 4.69) is 0 Å². The zero-order valence-corrected chi connectivity index (χ0v) is 19.1. The lowest BCUT2D eigenvalue weighted by Crippen LogP contribution is -2.40. The zero-order chi connectivity index (χ0) is 23.1. The molecule has 174 valence electrons. The van der Waals surface area contributed by atoms with Crippen molar-refractivity contribution in [2.45, 2.75) is 69.5 Å². The average Bonchev–Trinajstić information content (AvgIpc) is 3.44. The molecule has 0 N–H and O–H groups in total. The molecule has 0 amide bonds. The van der Waals surface area contributed by atoms with Crippen LogP contribution in [0.15, 0.2) is 24.3 Å². The third-order valence-electron chi connectivity index (χ3n) is 6.49. The highest BCUT2D eigenvalue weighted by Gasteiger charge is 2.75. The number of carbonyl (C=O) groups excluding carboxylic acids is 2. The van der Waals surface area contributed by atoms with Gasteiger partial charge in [0.05, 0.1) is 12.7 Å². The van der Waals surface area contributed by atoms with E-state index in [0.717, 1.165) is 0 Å². The summed E-state index contributed by atoms with van der Waals surface area (Å²) in [6.07, 6.45) is 3.24. The number of esters is 1. The van der Waals surface area contributed by atoms with E-state index in [1.54, 1.807) is 32.3 Å². The summed E-state index contributed by atoms with van der Waals surface area (Å²) in [5, 5.41) is 0. The van der Waals surface area contributed by atoms with Gasteiger partial charge in [0.2, 0.25) is 0 Å². The predicted octanol–water partition coefficient (Wildman–Crippen LogP) is 3.00. The predicted molar refractivity (Wildman–Crippen MR) is 114 cm³/mol. The summed E-state index contributed by atoms with van der Waals surface area (Å²) in [6, 6.07) is 3.46. The summed E-state index contributed by atoms with van der Waals surface area (Å²) in [7, 11) is 3.06. The highest BCUT2D eigenvalue weighted by molar-refractivity contribution is 5.95. The van der Waals surface area contributed by atoms with Crippen molar-refractivity contribution >= 4 is 11.8 Å². The van der Waals surface area contributed by atoms with Crippen molar-refractivity contribution in [2.75, 3.05) is 21.0 Å². The fourth-order valence-corrected chi connectivity index (χ4v) is 4.71. The van der Waals surface area contributed by atoms with E-state index >= 15 is 0 Å². The van der Waals surface area contributed by atoms with E-state index in [4.69, 9.17) is 28.4 Å². The number of carbonyl (C=O) groups is 2. The molecular formula is C24H30O8. The van der Waals surface area contributed by atoms with Gasteiger partial charge < -0.3 is 28.4 Å². The van der Waals surface area contributed by atoms with Gasteiger partial charge in [-0.3, -0.25) is 4.79 Å². The van der Waals surface area contributed by atoms with Crippen molar-refractivity contribution in [3.05, 3.63) is 35.4 Å². The second kappa shape index (κ2) is 8.50. The van der Waals surface area contributed by atoms with Crippen molar-refractivity contribution in [3.63, 3.8) is 0 Å². The molecule has 3 aliphatic heterocycles. The minimum atomic E-state index is -0.635. The Morgan fingerprint density at radius 2 is 1.94 bits per heavy atom. The van der Waals surface area contributed by atoms with Crippen molar-refractivity contribution in [1.82, 2.24) is 0 Å². The molecule has 0 aliphatic carbocycles. The molecule has 1 aromatic carbocycles. The first-order valence-electron chi connectivity index (χ1n) is 10.8. The van der Waals surface area contributed by atoms with Crippen molar-refractivity contribution in [1.29, 1.82) is 0 Å². The lowest BCUT2D eigenvalue weighted by Gasteiger charge is -2.29. The number of fused-ring (bicyclic) bond motifs is 1. The zero-order valence-electron chi connectivity index (χ0n) is 19.1. The number of hydrogen-bond acceptors (Lipinski definition) is 8. The summed E-state index contributed by atoms with van der Waals surface area (Å²) in [5.74, 6) is 0.333. The summed E-state index contributed by atoms with van der Waals surface area (Å²) in [6.45, 7) is 5.62. The first kappa shape index (κ1) is 22.8. The van der Waals surface area contributed by atoms with Crippen molar-refractivity contribution < 1.29 is 38.0 Å². The Kier molecular flexibility index (Phi) is 6.04. The topological polar surface area (TPSA) is 92.8 Å². The first-order chi connectivity index (χ1) is 15.2. The Balaban J connectivity index is 1.76. The SMILES string of the molecule is COCOc1cc(OC)cc2c1C(=O)O[C@@H](C)C=CCC(=O)[C@H]1OC(C)(C)C3(CC2)O[C@H]13. The van der Waals surface area contributed by atoms with Gasteiger partial charge in [-0.25, -0.2) is 4.79 Å². The molecule has 4 atom stereocenters. The van der Waals surface area contributed by atoms with Crippen LogP contribution in [0.25, 0.3) is 0 Å². The van der Waals surface area contributed by atoms with Crippen molar-refractivity contribution in [2.24, 2.45) is 0 Å². The van der Waals surface area contributed by atoms with E-state index in [1.807, 2.05) is 19.9 Å². The molecule has 0 radical (unpaired) electrons. The maximum atomic E-state index is 13.2. The maximum Gasteiger partial charge on any atom is 0.342 e. The Morgan fingerprint density at radius 3 is 2.62 bits per heavy atom.